The molecule has 0 radical (unpaired) electrons. The second-order valence-corrected chi connectivity index (χ2v) is 5.83. The van der Waals surface area contributed by atoms with Gasteiger partial charge in [-0.15, -0.1) is 0 Å². The fraction of sp³-hybridized carbons (Fsp3) is 0.125. The summed E-state index contributed by atoms with van der Waals surface area (Å²) in [6.07, 6.45) is 1.60. The molecule has 0 saturated heterocycles. The normalized spacial score (nSPS) is 10.5. The number of nitrogens with zero attached hydrogens (tertiary/aromatic N) is 1. The Morgan fingerprint density at radius 1 is 1.35 bits per heavy atom. The number of nitrogens with one attached hydrogen (secondary N) is 2. The SMILES string of the molecule is Cc1nc(NCc2ccco2)sc1C(=O)Nc1cccc(F)c1. The van der Waals surface area contributed by atoms with E-state index in [2.05, 4.69) is 15.6 Å². The molecule has 5 nitrogen and oxygen atoms in total. The molecule has 3 rings (SSSR count). The zero-order chi connectivity index (χ0) is 16.2. The van der Waals surface area contributed by atoms with Gasteiger partial charge in [-0.2, -0.15) is 0 Å². The van der Waals surface area contributed by atoms with Crippen LogP contribution in [-0.4, -0.2) is 10.9 Å². The highest BCUT2D eigenvalue weighted by molar-refractivity contribution is 7.17. The van der Waals surface area contributed by atoms with Gasteiger partial charge in [-0.05, 0) is 37.3 Å². The van der Waals surface area contributed by atoms with Crippen LogP contribution < -0.4 is 10.6 Å². The molecule has 7 heteroatoms. The van der Waals surface area contributed by atoms with Gasteiger partial charge in [0.05, 0.1) is 18.5 Å². The van der Waals surface area contributed by atoms with Gasteiger partial charge in [0.1, 0.15) is 16.5 Å². The van der Waals surface area contributed by atoms with Crippen LogP contribution in [-0.2, 0) is 6.54 Å². The minimum absolute atomic E-state index is 0.309. The van der Waals surface area contributed by atoms with E-state index in [0.717, 1.165) is 5.76 Å². The Bertz CT molecular complexity index is 815. The maximum atomic E-state index is 13.2. The zero-order valence-corrected chi connectivity index (χ0v) is 13.1. The number of anilines is 2. The van der Waals surface area contributed by atoms with Crippen LogP contribution in [0.15, 0.2) is 47.1 Å². The fourth-order valence-corrected chi connectivity index (χ4v) is 2.87. The van der Waals surface area contributed by atoms with E-state index >= 15 is 0 Å². The summed E-state index contributed by atoms with van der Waals surface area (Å²) in [6.45, 7) is 2.25. The summed E-state index contributed by atoms with van der Waals surface area (Å²) < 4.78 is 18.4. The summed E-state index contributed by atoms with van der Waals surface area (Å²) in [5.41, 5.74) is 1.03. The Morgan fingerprint density at radius 3 is 2.96 bits per heavy atom. The number of hydrogen-bond acceptors (Lipinski definition) is 5. The third kappa shape index (κ3) is 3.75. The molecule has 118 valence electrons. The lowest BCUT2D eigenvalue weighted by Gasteiger charge is -2.03. The Morgan fingerprint density at radius 2 is 2.22 bits per heavy atom. The van der Waals surface area contributed by atoms with Gasteiger partial charge >= 0.3 is 0 Å². The number of carbonyl (C=O) groups is 1. The molecule has 2 N–H and O–H groups in total. The molecule has 1 amide bonds. The number of benzene rings is 1. The van der Waals surface area contributed by atoms with Crippen molar-refractivity contribution in [1.82, 2.24) is 4.98 Å². The molecule has 3 aromatic rings. The van der Waals surface area contributed by atoms with E-state index in [1.54, 1.807) is 25.3 Å². The predicted molar refractivity (Wildman–Crippen MR) is 87.2 cm³/mol. The average Bonchev–Trinajstić information content (AvgIpc) is 3.14. The highest BCUT2D eigenvalue weighted by atomic mass is 32.1. The third-order valence-electron chi connectivity index (χ3n) is 3.08. The number of amides is 1. The van der Waals surface area contributed by atoms with Crippen molar-refractivity contribution >= 4 is 28.1 Å². The van der Waals surface area contributed by atoms with Crippen LogP contribution in [0.5, 0.6) is 0 Å². The van der Waals surface area contributed by atoms with E-state index in [1.165, 1.54) is 23.5 Å². The highest BCUT2D eigenvalue weighted by Crippen LogP contribution is 2.24. The fourth-order valence-electron chi connectivity index (χ4n) is 2.01. The van der Waals surface area contributed by atoms with Crippen molar-refractivity contribution in [3.63, 3.8) is 0 Å². The van der Waals surface area contributed by atoms with Crippen molar-refractivity contribution in [3.8, 4) is 0 Å². The van der Waals surface area contributed by atoms with Gasteiger partial charge in [0.15, 0.2) is 5.13 Å². The molecule has 0 saturated carbocycles. The summed E-state index contributed by atoms with van der Waals surface area (Å²) >= 11 is 1.24. The molecule has 0 unspecified atom stereocenters. The van der Waals surface area contributed by atoms with Gasteiger partial charge < -0.3 is 15.1 Å². The summed E-state index contributed by atoms with van der Waals surface area (Å²) in [4.78, 5) is 17.1. The number of furan rings is 1. The Kier molecular flexibility index (Phi) is 4.38. The van der Waals surface area contributed by atoms with Gasteiger partial charge in [-0.3, -0.25) is 4.79 Å². The highest BCUT2D eigenvalue weighted by Gasteiger charge is 2.15. The van der Waals surface area contributed by atoms with Crippen LogP contribution in [0.1, 0.15) is 21.1 Å². The maximum Gasteiger partial charge on any atom is 0.267 e. The molecule has 0 fully saturated rings. The predicted octanol–water partition coefficient (Wildman–Crippen LogP) is 4.05. The van der Waals surface area contributed by atoms with Crippen molar-refractivity contribution in [2.24, 2.45) is 0 Å². The Balaban J connectivity index is 1.68. The van der Waals surface area contributed by atoms with Crippen LogP contribution >= 0.6 is 11.3 Å². The lowest BCUT2D eigenvalue weighted by molar-refractivity contribution is 0.103. The number of rotatable bonds is 5. The van der Waals surface area contributed by atoms with E-state index in [9.17, 15) is 9.18 Å². The van der Waals surface area contributed by atoms with E-state index in [4.69, 9.17) is 4.42 Å². The lowest BCUT2D eigenvalue weighted by atomic mass is 10.3. The maximum absolute atomic E-state index is 13.2. The second kappa shape index (κ2) is 6.62. The summed E-state index contributed by atoms with van der Waals surface area (Å²) in [7, 11) is 0. The van der Waals surface area contributed by atoms with E-state index in [1.807, 2.05) is 12.1 Å². The van der Waals surface area contributed by atoms with Crippen molar-refractivity contribution in [2.45, 2.75) is 13.5 Å². The van der Waals surface area contributed by atoms with Crippen molar-refractivity contribution in [2.75, 3.05) is 10.6 Å². The van der Waals surface area contributed by atoms with E-state index in [0.29, 0.717) is 27.9 Å². The van der Waals surface area contributed by atoms with Gasteiger partial charge in [-0.1, -0.05) is 17.4 Å². The molecule has 23 heavy (non-hydrogen) atoms. The molecule has 2 heterocycles. The van der Waals surface area contributed by atoms with Crippen LogP contribution in [0.4, 0.5) is 15.2 Å². The van der Waals surface area contributed by atoms with Crippen LogP contribution in [0.25, 0.3) is 0 Å². The molecule has 0 bridgehead atoms. The number of hydrogen-bond donors (Lipinski definition) is 2. The molecule has 0 aliphatic heterocycles. The first-order valence-corrected chi connectivity index (χ1v) is 7.74. The smallest absolute Gasteiger partial charge is 0.267 e. The molecule has 1 aromatic carbocycles. The number of carbonyl (C=O) groups excluding carboxylic acids is 1. The summed E-state index contributed by atoms with van der Waals surface area (Å²) in [5.74, 6) is 0.0740. The van der Waals surface area contributed by atoms with Gasteiger partial charge in [0, 0.05) is 5.69 Å². The molecule has 0 atom stereocenters. The molecule has 0 spiro atoms. The number of halogens is 1. The zero-order valence-electron chi connectivity index (χ0n) is 12.3. The van der Waals surface area contributed by atoms with Crippen LogP contribution in [0.2, 0.25) is 0 Å². The van der Waals surface area contributed by atoms with Crippen molar-refractivity contribution < 1.29 is 13.6 Å². The van der Waals surface area contributed by atoms with E-state index in [-0.39, 0.29) is 5.91 Å². The van der Waals surface area contributed by atoms with Crippen LogP contribution in [0.3, 0.4) is 0 Å². The molecular weight excluding hydrogens is 317 g/mol. The summed E-state index contributed by atoms with van der Waals surface area (Å²) in [5, 5.41) is 6.41. The minimum Gasteiger partial charge on any atom is -0.467 e. The van der Waals surface area contributed by atoms with Crippen molar-refractivity contribution in [1.29, 1.82) is 0 Å². The minimum atomic E-state index is -0.398. The average molecular weight is 331 g/mol. The quantitative estimate of drug-likeness (QED) is 0.740. The van der Waals surface area contributed by atoms with Gasteiger partial charge in [0.2, 0.25) is 0 Å². The number of aryl methyl sites for hydroxylation is 1. The molecule has 0 aliphatic carbocycles. The standard InChI is InChI=1S/C16H14FN3O2S/c1-10-14(15(21)20-12-5-2-4-11(17)8-12)23-16(19-10)18-9-13-6-3-7-22-13/h2-8H,9H2,1H3,(H,18,19)(H,20,21). The third-order valence-corrected chi connectivity index (χ3v) is 4.19. The van der Waals surface area contributed by atoms with Crippen LogP contribution in [0, 0.1) is 12.7 Å². The second-order valence-electron chi connectivity index (χ2n) is 4.83. The summed E-state index contributed by atoms with van der Waals surface area (Å²) in [6, 6.07) is 9.43. The monoisotopic (exact) mass is 331 g/mol. The first-order chi connectivity index (χ1) is 11.1. The Hall–Kier alpha value is -2.67. The van der Waals surface area contributed by atoms with Gasteiger partial charge in [0.25, 0.3) is 5.91 Å². The molecule has 2 aromatic heterocycles. The largest absolute Gasteiger partial charge is 0.467 e. The van der Waals surface area contributed by atoms with Crippen molar-refractivity contribution in [3.05, 3.63) is 64.8 Å². The van der Waals surface area contributed by atoms with E-state index < -0.39 is 5.82 Å². The molecular formula is C16H14FN3O2S. The lowest BCUT2D eigenvalue weighted by Crippen LogP contribution is -2.11. The first kappa shape index (κ1) is 15.2. The van der Waals surface area contributed by atoms with Gasteiger partial charge in [-0.25, -0.2) is 9.37 Å². The topological polar surface area (TPSA) is 67.2 Å². The number of thiazole rings is 1. The molecule has 0 aliphatic rings. The Labute approximate surface area is 136 Å². The number of aromatic nitrogens is 1. The first-order valence-electron chi connectivity index (χ1n) is 6.92.